The second-order valence-electron chi connectivity index (χ2n) is 7.81. The van der Waals surface area contributed by atoms with E-state index in [0.29, 0.717) is 26.2 Å². The molecule has 0 bridgehead atoms. The number of esters is 2. The number of para-hydroxylation sites is 1. The molecular weight excluding hydrogens is 418 g/mol. The minimum atomic E-state index is -1.09. The fourth-order valence-corrected chi connectivity index (χ4v) is 4.36. The molecule has 2 aliphatic heterocycles. The molecule has 0 aliphatic carbocycles. The summed E-state index contributed by atoms with van der Waals surface area (Å²) >= 11 is 0. The van der Waals surface area contributed by atoms with E-state index in [9.17, 15) is 19.2 Å². The van der Waals surface area contributed by atoms with Crippen LogP contribution in [0.2, 0.25) is 0 Å². The number of amides is 2. The van der Waals surface area contributed by atoms with Crippen LogP contribution in [0.1, 0.15) is 13.3 Å². The number of piperazine rings is 1. The number of anilines is 1. The van der Waals surface area contributed by atoms with Gasteiger partial charge in [0, 0.05) is 45.2 Å². The molecule has 2 aliphatic rings. The topological polar surface area (TPSA) is 106 Å². The van der Waals surface area contributed by atoms with Crippen LogP contribution in [0.15, 0.2) is 30.3 Å². The largest absolute Gasteiger partial charge is 0.469 e. The van der Waals surface area contributed by atoms with Crippen LogP contribution in [0.4, 0.5) is 10.5 Å². The highest BCUT2D eigenvalue weighted by Gasteiger charge is 2.49. The van der Waals surface area contributed by atoms with E-state index in [1.54, 1.807) is 4.90 Å². The predicted octanol–water partition coefficient (Wildman–Crippen LogP) is 0.897. The van der Waals surface area contributed by atoms with Gasteiger partial charge in [0.1, 0.15) is 12.1 Å². The lowest BCUT2D eigenvalue weighted by Gasteiger charge is -2.44. The summed E-state index contributed by atoms with van der Waals surface area (Å²) in [5.41, 5.74) is 1.07. The van der Waals surface area contributed by atoms with Crippen LogP contribution in [-0.4, -0.2) is 92.8 Å². The Kier molecular flexibility index (Phi) is 7.55. The van der Waals surface area contributed by atoms with Crippen LogP contribution in [0.3, 0.4) is 0 Å². The maximum Gasteiger partial charge on any atom is 0.410 e. The zero-order chi connectivity index (χ0) is 23.3. The third-order valence-electron chi connectivity index (χ3n) is 5.85. The molecule has 2 amide bonds. The Bertz CT molecular complexity index is 813. The van der Waals surface area contributed by atoms with Gasteiger partial charge in [0.05, 0.1) is 26.7 Å². The second-order valence-corrected chi connectivity index (χ2v) is 7.81. The average molecular weight is 447 g/mol. The molecule has 3 rings (SSSR count). The zero-order valence-electron chi connectivity index (χ0n) is 18.6. The molecule has 1 aromatic carbocycles. The highest BCUT2D eigenvalue weighted by atomic mass is 16.6. The van der Waals surface area contributed by atoms with Gasteiger partial charge in [-0.3, -0.25) is 19.3 Å². The number of hydrogen-bond donors (Lipinski definition) is 0. The highest BCUT2D eigenvalue weighted by molar-refractivity contribution is 5.91. The second kappa shape index (κ2) is 10.3. The van der Waals surface area contributed by atoms with Gasteiger partial charge in [-0.25, -0.2) is 4.79 Å². The first-order valence-electron chi connectivity index (χ1n) is 10.5. The SMILES string of the molecule is COC(=O)[C@H]1C[C@H](OC(C)=O)CN(C(=O)OC)[C@@H]1C(=O)N1CCN(c2ccccc2)CC1. The summed E-state index contributed by atoms with van der Waals surface area (Å²) in [7, 11) is 2.42. The Morgan fingerprint density at radius 1 is 0.938 bits per heavy atom. The predicted molar refractivity (Wildman–Crippen MR) is 114 cm³/mol. The molecule has 3 atom stereocenters. The highest BCUT2D eigenvalue weighted by Crippen LogP contribution is 2.30. The van der Waals surface area contributed by atoms with Crippen LogP contribution < -0.4 is 4.90 Å². The Morgan fingerprint density at radius 2 is 1.59 bits per heavy atom. The van der Waals surface area contributed by atoms with Gasteiger partial charge >= 0.3 is 18.0 Å². The van der Waals surface area contributed by atoms with Crippen LogP contribution >= 0.6 is 0 Å². The molecule has 174 valence electrons. The average Bonchev–Trinajstić information content (AvgIpc) is 2.82. The zero-order valence-corrected chi connectivity index (χ0v) is 18.6. The van der Waals surface area contributed by atoms with Gasteiger partial charge in [-0.05, 0) is 12.1 Å². The number of piperidine rings is 1. The van der Waals surface area contributed by atoms with Gasteiger partial charge in [0.25, 0.3) is 0 Å². The maximum absolute atomic E-state index is 13.5. The third kappa shape index (κ3) is 5.12. The van der Waals surface area contributed by atoms with Gasteiger partial charge in [-0.2, -0.15) is 0 Å². The molecule has 0 spiro atoms. The Balaban J connectivity index is 1.79. The minimum Gasteiger partial charge on any atom is -0.469 e. The summed E-state index contributed by atoms with van der Waals surface area (Å²) in [5, 5.41) is 0. The standard InChI is InChI=1S/C22H29N3O7/c1-15(26)32-17-13-18(21(28)30-2)19(25(14-17)22(29)31-3)20(27)24-11-9-23(10-12-24)16-7-5-4-6-8-16/h4-8,17-19H,9-14H2,1-3H3/t17-,18-,19-/m0/s1. The van der Waals surface area contributed by atoms with E-state index in [1.165, 1.54) is 26.0 Å². The summed E-state index contributed by atoms with van der Waals surface area (Å²) in [6.45, 7) is 3.35. The first-order chi connectivity index (χ1) is 15.3. The molecular formula is C22H29N3O7. The number of methoxy groups -OCH3 is 2. The van der Waals surface area contributed by atoms with Crippen molar-refractivity contribution in [2.45, 2.75) is 25.5 Å². The lowest BCUT2D eigenvalue weighted by atomic mass is 9.86. The Morgan fingerprint density at radius 3 is 2.16 bits per heavy atom. The van der Waals surface area contributed by atoms with Gasteiger partial charge in [0.15, 0.2) is 0 Å². The quantitative estimate of drug-likeness (QED) is 0.495. The third-order valence-corrected chi connectivity index (χ3v) is 5.85. The van der Waals surface area contributed by atoms with Crippen molar-refractivity contribution in [3.8, 4) is 0 Å². The molecule has 10 nitrogen and oxygen atoms in total. The van der Waals surface area contributed by atoms with E-state index in [2.05, 4.69) is 4.90 Å². The lowest BCUT2D eigenvalue weighted by Crippen LogP contribution is -2.63. The van der Waals surface area contributed by atoms with Gasteiger partial charge in [-0.1, -0.05) is 18.2 Å². The number of benzene rings is 1. The van der Waals surface area contributed by atoms with Gasteiger partial charge in [0.2, 0.25) is 5.91 Å². The lowest BCUT2D eigenvalue weighted by molar-refractivity contribution is -0.165. The van der Waals surface area contributed by atoms with Crippen molar-refractivity contribution in [2.75, 3.05) is 51.8 Å². The Labute approximate surface area is 187 Å². The van der Waals surface area contributed by atoms with Crippen molar-refractivity contribution >= 4 is 29.6 Å². The van der Waals surface area contributed by atoms with Gasteiger partial charge in [-0.15, -0.1) is 0 Å². The van der Waals surface area contributed by atoms with Crippen molar-refractivity contribution < 1.29 is 33.4 Å². The first kappa shape index (κ1) is 23.4. The minimum absolute atomic E-state index is 0.0415. The molecule has 0 radical (unpaired) electrons. The monoisotopic (exact) mass is 447 g/mol. The number of nitrogens with zero attached hydrogens (tertiary/aromatic N) is 3. The molecule has 2 fully saturated rings. The van der Waals surface area contributed by atoms with E-state index in [1.807, 2.05) is 30.3 Å². The molecule has 10 heteroatoms. The molecule has 2 heterocycles. The Hall–Kier alpha value is -3.30. The molecule has 2 saturated heterocycles. The van der Waals surface area contributed by atoms with Crippen molar-refractivity contribution in [3.05, 3.63) is 30.3 Å². The number of ether oxygens (including phenoxy) is 3. The van der Waals surface area contributed by atoms with E-state index >= 15 is 0 Å². The number of carbonyl (C=O) groups is 4. The molecule has 0 unspecified atom stereocenters. The van der Waals surface area contributed by atoms with E-state index in [4.69, 9.17) is 14.2 Å². The summed E-state index contributed by atoms with van der Waals surface area (Å²) in [6, 6.07) is 8.81. The van der Waals surface area contributed by atoms with Crippen LogP contribution in [0.25, 0.3) is 0 Å². The van der Waals surface area contributed by atoms with Crippen molar-refractivity contribution in [3.63, 3.8) is 0 Å². The fourth-order valence-electron chi connectivity index (χ4n) is 4.36. The summed E-state index contributed by atoms with van der Waals surface area (Å²) in [4.78, 5) is 55.1. The normalized spacial score (nSPS) is 23.3. The van der Waals surface area contributed by atoms with E-state index in [0.717, 1.165) is 5.69 Å². The van der Waals surface area contributed by atoms with Crippen molar-refractivity contribution in [2.24, 2.45) is 5.92 Å². The summed E-state index contributed by atoms with van der Waals surface area (Å²) < 4.78 is 15.0. The first-order valence-corrected chi connectivity index (χ1v) is 10.5. The number of carbonyl (C=O) groups excluding carboxylic acids is 4. The van der Waals surface area contributed by atoms with E-state index < -0.39 is 36.1 Å². The van der Waals surface area contributed by atoms with Crippen LogP contribution in [0.5, 0.6) is 0 Å². The molecule has 0 saturated carbocycles. The van der Waals surface area contributed by atoms with Crippen LogP contribution in [0, 0.1) is 5.92 Å². The number of rotatable bonds is 4. The van der Waals surface area contributed by atoms with Crippen molar-refractivity contribution in [1.29, 1.82) is 0 Å². The number of hydrogen-bond acceptors (Lipinski definition) is 8. The molecule has 0 aromatic heterocycles. The van der Waals surface area contributed by atoms with Crippen LogP contribution in [-0.2, 0) is 28.6 Å². The van der Waals surface area contributed by atoms with Gasteiger partial charge < -0.3 is 24.0 Å². The smallest absolute Gasteiger partial charge is 0.410 e. The van der Waals surface area contributed by atoms with E-state index in [-0.39, 0.29) is 18.9 Å². The molecule has 1 aromatic rings. The maximum atomic E-state index is 13.5. The van der Waals surface area contributed by atoms with Crippen molar-refractivity contribution in [1.82, 2.24) is 9.80 Å². The summed E-state index contributed by atoms with van der Waals surface area (Å²) in [6.07, 6.45) is -1.42. The number of likely N-dealkylation sites (tertiary alicyclic amines) is 1. The fraction of sp³-hybridized carbons (Fsp3) is 0.545. The molecule has 32 heavy (non-hydrogen) atoms. The summed E-state index contributed by atoms with van der Waals surface area (Å²) in [5.74, 6) is -2.50. The molecule has 0 N–H and O–H groups in total.